The Morgan fingerprint density at radius 2 is 2.00 bits per heavy atom. The molecule has 0 radical (unpaired) electrons. The van der Waals surface area contributed by atoms with Crippen LogP contribution >= 0.6 is 23.3 Å². The molecule has 5 nitrogen and oxygen atoms in total. The molecule has 0 saturated heterocycles. The van der Waals surface area contributed by atoms with Crippen molar-refractivity contribution in [1.82, 2.24) is 4.37 Å². The van der Waals surface area contributed by atoms with Crippen LogP contribution in [0.15, 0.2) is 65.8 Å². The normalized spacial score (nSPS) is 10.6. The maximum absolute atomic E-state index is 11.9. The molecule has 0 aliphatic rings. The molecule has 3 aromatic rings. The molecule has 28 heavy (non-hydrogen) atoms. The number of methoxy groups -OCH3 is 1. The van der Waals surface area contributed by atoms with Gasteiger partial charge in [0, 0.05) is 17.6 Å². The molecule has 0 spiro atoms. The number of para-hydroxylation sites is 1. The number of rotatable bonds is 7. The fourth-order valence-electron chi connectivity index (χ4n) is 2.45. The van der Waals surface area contributed by atoms with Gasteiger partial charge in [0.2, 0.25) is 0 Å². The first-order valence-corrected chi connectivity index (χ1v) is 10.2. The van der Waals surface area contributed by atoms with E-state index in [2.05, 4.69) is 15.8 Å². The smallest absolute Gasteiger partial charge is 0.338 e. The van der Waals surface area contributed by atoms with Crippen LogP contribution in [0.3, 0.4) is 0 Å². The Hall–Kier alpha value is -3.08. The molecule has 0 unspecified atom stereocenters. The first kappa shape index (κ1) is 19.7. The summed E-state index contributed by atoms with van der Waals surface area (Å²) in [6, 6.07) is 19.3. The van der Waals surface area contributed by atoms with E-state index in [-0.39, 0.29) is 5.97 Å². The Morgan fingerprint density at radius 3 is 2.75 bits per heavy atom. The number of ether oxygens (including phenoxy) is 1. The minimum absolute atomic E-state index is 0.370. The number of thioether (sulfide) groups is 1. The van der Waals surface area contributed by atoms with Gasteiger partial charge in [-0.2, -0.15) is 9.64 Å². The van der Waals surface area contributed by atoms with Gasteiger partial charge in [0.25, 0.3) is 0 Å². The van der Waals surface area contributed by atoms with Gasteiger partial charge >= 0.3 is 5.97 Å². The Labute approximate surface area is 171 Å². The zero-order valence-corrected chi connectivity index (χ0v) is 16.7. The highest BCUT2D eigenvalue weighted by atomic mass is 32.2. The van der Waals surface area contributed by atoms with Crippen LogP contribution in [-0.2, 0) is 10.5 Å². The summed E-state index contributed by atoms with van der Waals surface area (Å²) >= 11 is 2.71. The third-order valence-corrected chi connectivity index (χ3v) is 5.80. The maximum atomic E-state index is 11.9. The van der Waals surface area contributed by atoms with Crippen LogP contribution in [0.1, 0.15) is 26.4 Å². The standard InChI is InChI=1S/C21H17N3O2S2/c1-26-21(25)17-10-6-5-7-15(17)14-27-20-18(13-22)19(28-24-20)11-12-23-16-8-3-2-4-9-16/h2-12,23H,14H2,1H3. The fraction of sp³-hybridized carbons (Fsp3) is 0.0952. The van der Waals surface area contributed by atoms with Crippen LogP contribution in [0.25, 0.3) is 6.08 Å². The first-order valence-electron chi connectivity index (χ1n) is 8.40. The number of nitrogens with zero attached hydrogens (tertiary/aromatic N) is 2. The summed E-state index contributed by atoms with van der Waals surface area (Å²) in [5, 5.41) is 13.4. The van der Waals surface area contributed by atoms with E-state index in [0.29, 0.717) is 21.9 Å². The molecule has 3 rings (SSSR count). The number of nitrogens with one attached hydrogen (secondary N) is 1. The summed E-state index contributed by atoms with van der Waals surface area (Å²) in [5.41, 5.74) is 2.88. The highest BCUT2D eigenvalue weighted by molar-refractivity contribution is 7.98. The van der Waals surface area contributed by atoms with Crippen molar-refractivity contribution in [3.8, 4) is 6.07 Å². The van der Waals surface area contributed by atoms with Gasteiger partial charge < -0.3 is 10.1 Å². The highest BCUT2D eigenvalue weighted by Crippen LogP contribution is 2.31. The summed E-state index contributed by atoms with van der Waals surface area (Å²) in [6.07, 6.45) is 3.64. The van der Waals surface area contributed by atoms with Crippen molar-refractivity contribution in [1.29, 1.82) is 5.26 Å². The molecule has 0 fully saturated rings. The number of hydrogen-bond donors (Lipinski definition) is 1. The van der Waals surface area contributed by atoms with Crippen LogP contribution in [0, 0.1) is 11.3 Å². The summed E-state index contributed by atoms with van der Waals surface area (Å²) < 4.78 is 9.24. The Kier molecular flexibility index (Phi) is 6.84. The van der Waals surface area contributed by atoms with E-state index in [1.807, 2.05) is 48.5 Å². The second-order valence-corrected chi connectivity index (χ2v) is 7.39. The molecule has 7 heteroatoms. The summed E-state index contributed by atoms with van der Waals surface area (Å²) in [4.78, 5) is 12.7. The number of esters is 1. The third-order valence-electron chi connectivity index (χ3n) is 3.84. The molecule has 0 saturated carbocycles. The zero-order chi connectivity index (χ0) is 19.8. The van der Waals surface area contributed by atoms with Crippen molar-refractivity contribution < 1.29 is 9.53 Å². The van der Waals surface area contributed by atoms with Crippen molar-refractivity contribution in [3.63, 3.8) is 0 Å². The predicted octanol–water partition coefficient (Wildman–Crippen LogP) is 5.18. The molecule has 1 N–H and O–H groups in total. The van der Waals surface area contributed by atoms with Crippen molar-refractivity contribution in [3.05, 3.63) is 82.4 Å². The van der Waals surface area contributed by atoms with Crippen molar-refractivity contribution >= 4 is 41.0 Å². The average molecular weight is 408 g/mol. The lowest BCUT2D eigenvalue weighted by Crippen LogP contribution is -2.04. The van der Waals surface area contributed by atoms with Crippen LogP contribution < -0.4 is 5.32 Å². The van der Waals surface area contributed by atoms with Crippen LogP contribution in [0.5, 0.6) is 0 Å². The lowest BCUT2D eigenvalue weighted by Gasteiger charge is -2.06. The quantitative estimate of drug-likeness (QED) is 0.430. The number of anilines is 1. The summed E-state index contributed by atoms with van der Waals surface area (Å²) in [5.74, 6) is 0.153. The molecule has 0 atom stereocenters. The molecule has 1 heterocycles. The zero-order valence-electron chi connectivity index (χ0n) is 15.1. The SMILES string of the molecule is COC(=O)c1ccccc1CSc1nsc(C=CNc2ccccc2)c1C#N. The lowest BCUT2D eigenvalue weighted by molar-refractivity contribution is 0.0600. The van der Waals surface area contributed by atoms with Gasteiger partial charge in [-0.05, 0) is 41.4 Å². The van der Waals surface area contributed by atoms with E-state index < -0.39 is 0 Å². The minimum Gasteiger partial charge on any atom is -0.465 e. The number of carbonyl (C=O) groups is 1. The number of hydrogen-bond acceptors (Lipinski definition) is 7. The second kappa shape index (κ2) is 9.74. The van der Waals surface area contributed by atoms with Gasteiger partial charge in [-0.3, -0.25) is 0 Å². The molecule has 0 amide bonds. The summed E-state index contributed by atoms with van der Waals surface area (Å²) in [7, 11) is 1.36. The van der Waals surface area contributed by atoms with Crippen molar-refractivity contribution in [2.24, 2.45) is 0 Å². The molecular formula is C21H17N3O2S2. The Bertz CT molecular complexity index is 1020. The van der Waals surface area contributed by atoms with E-state index in [0.717, 1.165) is 16.1 Å². The number of benzene rings is 2. The van der Waals surface area contributed by atoms with Gasteiger partial charge in [0.05, 0.1) is 17.6 Å². The van der Waals surface area contributed by atoms with Gasteiger partial charge in [-0.25, -0.2) is 4.79 Å². The highest BCUT2D eigenvalue weighted by Gasteiger charge is 2.15. The predicted molar refractivity (Wildman–Crippen MR) is 113 cm³/mol. The Morgan fingerprint density at radius 1 is 1.25 bits per heavy atom. The van der Waals surface area contributed by atoms with Crippen LogP contribution in [-0.4, -0.2) is 17.5 Å². The van der Waals surface area contributed by atoms with Gasteiger partial charge in [-0.15, -0.1) is 0 Å². The van der Waals surface area contributed by atoms with Gasteiger partial charge in [-0.1, -0.05) is 48.2 Å². The molecule has 1 aromatic heterocycles. The minimum atomic E-state index is -0.370. The molecular weight excluding hydrogens is 390 g/mol. The molecule has 140 valence electrons. The number of carbonyl (C=O) groups excluding carboxylic acids is 1. The van der Waals surface area contributed by atoms with E-state index in [1.54, 1.807) is 18.3 Å². The maximum Gasteiger partial charge on any atom is 0.338 e. The monoisotopic (exact) mass is 407 g/mol. The largest absolute Gasteiger partial charge is 0.465 e. The summed E-state index contributed by atoms with van der Waals surface area (Å²) in [6.45, 7) is 0. The van der Waals surface area contributed by atoms with Gasteiger partial charge in [0.15, 0.2) is 0 Å². The van der Waals surface area contributed by atoms with Crippen LogP contribution in [0.2, 0.25) is 0 Å². The van der Waals surface area contributed by atoms with Crippen molar-refractivity contribution in [2.45, 2.75) is 10.8 Å². The molecule has 0 bridgehead atoms. The average Bonchev–Trinajstić information content (AvgIpc) is 3.14. The first-order chi connectivity index (χ1) is 13.7. The van der Waals surface area contributed by atoms with Crippen LogP contribution in [0.4, 0.5) is 5.69 Å². The number of aromatic nitrogens is 1. The Balaban J connectivity index is 1.71. The number of nitriles is 1. The lowest BCUT2D eigenvalue weighted by atomic mass is 10.1. The van der Waals surface area contributed by atoms with E-state index in [4.69, 9.17) is 4.74 Å². The topological polar surface area (TPSA) is 75.0 Å². The van der Waals surface area contributed by atoms with E-state index >= 15 is 0 Å². The second-order valence-electron chi connectivity index (χ2n) is 5.62. The van der Waals surface area contributed by atoms with E-state index in [1.165, 1.54) is 30.4 Å². The van der Waals surface area contributed by atoms with Crippen molar-refractivity contribution in [2.75, 3.05) is 12.4 Å². The fourth-order valence-corrected chi connectivity index (χ4v) is 4.32. The molecule has 0 aliphatic heterocycles. The van der Waals surface area contributed by atoms with Gasteiger partial charge in [0.1, 0.15) is 16.7 Å². The molecule has 0 aliphatic carbocycles. The molecule has 2 aromatic carbocycles. The third kappa shape index (κ3) is 4.80. The van der Waals surface area contributed by atoms with E-state index in [9.17, 15) is 10.1 Å².